The van der Waals surface area contributed by atoms with Crippen molar-refractivity contribution in [3.63, 3.8) is 0 Å². The van der Waals surface area contributed by atoms with Gasteiger partial charge in [-0.2, -0.15) is 5.10 Å². The molecule has 142 valence electrons. The third-order valence-electron chi connectivity index (χ3n) is 4.72. The van der Waals surface area contributed by atoms with Crippen molar-refractivity contribution in [2.75, 3.05) is 0 Å². The molecule has 0 saturated carbocycles. The Morgan fingerprint density at radius 1 is 1.03 bits per heavy atom. The van der Waals surface area contributed by atoms with Crippen molar-refractivity contribution >= 4 is 34.1 Å². The fourth-order valence-corrected chi connectivity index (χ4v) is 4.03. The molecule has 6 heteroatoms. The molecule has 2 aromatic carbocycles. The first kappa shape index (κ1) is 17.5. The van der Waals surface area contributed by atoms with Crippen LogP contribution in [0.1, 0.15) is 11.1 Å². The molecule has 29 heavy (non-hydrogen) atoms. The Morgan fingerprint density at radius 3 is 2.76 bits per heavy atom. The van der Waals surface area contributed by atoms with Gasteiger partial charge in [0.15, 0.2) is 5.76 Å². The second-order valence-electron chi connectivity index (χ2n) is 6.63. The SMILES string of the molecule is Cc1ccccc1N=c1scc(-c2ccco2)n1N=Cc1c[nH]c2ccccc12. The van der Waals surface area contributed by atoms with Crippen LogP contribution >= 0.6 is 11.3 Å². The highest BCUT2D eigenvalue weighted by Gasteiger charge is 2.10. The average molecular weight is 398 g/mol. The molecule has 0 amide bonds. The van der Waals surface area contributed by atoms with Gasteiger partial charge in [-0.1, -0.05) is 36.4 Å². The number of benzene rings is 2. The van der Waals surface area contributed by atoms with E-state index in [1.165, 1.54) is 11.3 Å². The number of hydrogen-bond acceptors (Lipinski definition) is 4. The monoisotopic (exact) mass is 398 g/mol. The molecule has 0 fully saturated rings. The van der Waals surface area contributed by atoms with Gasteiger partial charge in [-0.05, 0) is 36.8 Å². The summed E-state index contributed by atoms with van der Waals surface area (Å²) in [6.45, 7) is 2.05. The highest BCUT2D eigenvalue weighted by molar-refractivity contribution is 7.07. The molecular weight excluding hydrogens is 380 g/mol. The van der Waals surface area contributed by atoms with E-state index >= 15 is 0 Å². The summed E-state index contributed by atoms with van der Waals surface area (Å²) in [6, 6.07) is 20.0. The highest BCUT2D eigenvalue weighted by Crippen LogP contribution is 2.23. The third-order valence-corrected chi connectivity index (χ3v) is 5.54. The normalized spacial score (nSPS) is 12.4. The predicted molar refractivity (Wildman–Crippen MR) is 118 cm³/mol. The molecule has 3 aromatic heterocycles. The zero-order chi connectivity index (χ0) is 19.6. The summed E-state index contributed by atoms with van der Waals surface area (Å²) in [5, 5.41) is 7.91. The molecule has 0 unspecified atom stereocenters. The number of nitrogens with one attached hydrogen (secondary N) is 1. The zero-order valence-corrected chi connectivity index (χ0v) is 16.6. The van der Waals surface area contributed by atoms with Crippen molar-refractivity contribution < 1.29 is 4.42 Å². The lowest BCUT2D eigenvalue weighted by Crippen LogP contribution is -2.11. The second-order valence-corrected chi connectivity index (χ2v) is 7.46. The van der Waals surface area contributed by atoms with Crippen LogP contribution in [0.25, 0.3) is 22.4 Å². The van der Waals surface area contributed by atoms with E-state index in [0.717, 1.165) is 44.0 Å². The van der Waals surface area contributed by atoms with Crippen LogP contribution in [0.3, 0.4) is 0 Å². The maximum atomic E-state index is 5.62. The number of aryl methyl sites for hydroxylation is 1. The quantitative estimate of drug-likeness (QED) is 0.387. The van der Waals surface area contributed by atoms with Crippen LogP contribution in [0.15, 0.2) is 93.0 Å². The van der Waals surface area contributed by atoms with Gasteiger partial charge in [-0.25, -0.2) is 9.67 Å². The van der Waals surface area contributed by atoms with E-state index in [1.807, 2.05) is 64.9 Å². The first-order valence-corrected chi connectivity index (χ1v) is 10.1. The molecule has 3 heterocycles. The molecule has 0 aliphatic rings. The minimum Gasteiger partial charge on any atom is -0.463 e. The molecule has 5 rings (SSSR count). The minimum absolute atomic E-state index is 0.753. The van der Waals surface area contributed by atoms with Crippen LogP contribution in [0.5, 0.6) is 0 Å². The Morgan fingerprint density at radius 2 is 1.90 bits per heavy atom. The topological polar surface area (TPSA) is 58.6 Å². The molecule has 0 atom stereocenters. The second kappa shape index (κ2) is 7.41. The van der Waals surface area contributed by atoms with Crippen LogP contribution in [-0.2, 0) is 0 Å². The van der Waals surface area contributed by atoms with E-state index in [-0.39, 0.29) is 0 Å². The summed E-state index contributed by atoms with van der Waals surface area (Å²) >= 11 is 1.53. The predicted octanol–water partition coefficient (Wildman–Crippen LogP) is 5.71. The Kier molecular flexibility index (Phi) is 4.46. The van der Waals surface area contributed by atoms with Crippen molar-refractivity contribution in [3.8, 4) is 11.5 Å². The zero-order valence-electron chi connectivity index (χ0n) is 15.7. The van der Waals surface area contributed by atoms with Gasteiger partial charge >= 0.3 is 0 Å². The molecule has 0 saturated heterocycles. The number of nitrogens with zero attached hydrogens (tertiary/aromatic N) is 3. The Labute approximate surface area is 171 Å². The lowest BCUT2D eigenvalue weighted by Gasteiger charge is -2.01. The van der Waals surface area contributed by atoms with Crippen LogP contribution in [0.4, 0.5) is 5.69 Å². The van der Waals surface area contributed by atoms with Crippen LogP contribution < -0.4 is 4.80 Å². The lowest BCUT2D eigenvalue weighted by molar-refractivity contribution is 0.575. The highest BCUT2D eigenvalue weighted by atomic mass is 32.1. The van der Waals surface area contributed by atoms with Crippen LogP contribution in [-0.4, -0.2) is 15.9 Å². The van der Waals surface area contributed by atoms with Gasteiger partial charge in [0.1, 0.15) is 5.69 Å². The van der Waals surface area contributed by atoms with Crippen LogP contribution in [0, 0.1) is 6.92 Å². The standard InChI is InChI=1S/C23H18N4OS/c1-16-7-2-4-9-19(16)26-23-27(21(15-29-23)22-11-6-12-28-22)25-14-17-13-24-20-10-5-3-8-18(17)20/h2-15,24H,1H3. The van der Waals surface area contributed by atoms with Gasteiger partial charge in [-0.15, -0.1) is 11.3 Å². The van der Waals surface area contributed by atoms with Gasteiger partial charge in [-0.3, -0.25) is 0 Å². The fourth-order valence-electron chi connectivity index (χ4n) is 3.20. The van der Waals surface area contributed by atoms with E-state index in [1.54, 1.807) is 6.26 Å². The van der Waals surface area contributed by atoms with Crippen molar-refractivity contribution in [2.45, 2.75) is 6.92 Å². The molecule has 0 spiro atoms. The minimum atomic E-state index is 0.753. The van der Waals surface area contributed by atoms with Crippen molar-refractivity contribution in [2.24, 2.45) is 10.1 Å². The van der Waals surface area contributed by atoms with Crippen molar-refractivity contribution in [1.29, 1.82) is 0 Å². The van der Waals surface area contributed by atoms with Crippen molar-refractivity contribution in [1.82, 2.24) is 9.66 Å². The number of aromatic amines is 1. The number of fused-ring (bicyclic) bond motifs is 1. The average Bonchev–Trinajstić information content (AvgIpc) is 3.48. The van der Waals surface area contributed by atoms with E-state index in [9.17, 15) is 0 Å². The Balaban J connectivity index is 1.66. The van der Waals surface area contributed by atoms with Crippen molar-refractivity contribution in [3.05, 3.63) is 94.4 Å². The molecule has 0 aliphatic carbocycles. The molecule has 5 nitrogen and oxygen atoms in total. The third kappa shape index (κ3) is 3.34. The van der Waals surface area contributed by atoms with E-state index < -0.39 is 0 Å². The fraction of sp³-hybridized carbons (Fsp3) is 0.0435. The molecule has 0 bridgehead atoms. The van der Waals surface area contributed by atoms with Crippen LogP contribution in [0.2, 0.25) is 0 Å². The van der Waals surface area contributed by atoms with Gasteiger partial charge in [0.2, 0.25) is 4.80 Å². The molecule has 0 aliphatic heterocycles. The summed E-state index contributed by atoms with van der Waals surface area (Å²) < 4.78 is 7.45. The lowest BCUT2D eigenvalue weighted by atomic mass is 10.2. The molecule has 0 radical (unpaired) electrons. The van der Waals surface area contributed by atoms with Gasteiger partial charge in [0, 0.05) is 28.0 Å². The number of para-hydroxylation sites is 2. The van der Waals surface area contributed by atoms with Gasteiger partial charge in [0.05, 0.1) is 18.2 Å². The number of H-pyrrole nitrogens is 1. The summed E-state index contributed by atoms with van der Waals surface area (Å²) in [5.41, 5.74) is 5.01. The van der Waals surface area contributed by atoms with E-state index in [4.69, 9.17) is 14.5 Å². The first-order valence-electron chi connectivity index (χ1n) is 9.25. The smallest absolute Gasteiger partial charge is 0.211 e. The Hall–Kier alpha value is -3.64. The van der Waals surface area contributed by atoms with E-state index in [0.29, 0.717) is 0 Å². The summed E-state index contributed by atoms with van der Waals surface area (Å²) in [6.07, 6.45) is 5.49. The van der Waals surface area contributed by atoms with E-state index in [2.05, 4.69) is 30.1 Å². The Bertz CT molecular complexity index is 1370. The molecular formula is C23H18N4OS. The number of thiazole rings is 1. The maximum Gasteiger partial charge on any atom is 0.211 e. The number of furan rings is 1. The molecule has 1 N–H and O–H groups in total. The summed E-state index contributed by atoms with van der Waals surface area (Å²) in [5.74, 6) is 0.753. The van der Waals surface area contributed by atoms with Gasteiger partial charge in [0.25, 0.3) is 0 Å². The number of hydrogen-bond donors (Lipinski definition) is 1. The van der Waals surface area contributed by atoms with Gasteiger partial charge < -0.3 is 9.40 Å². The maximum absolute atomic E-state index is 5.62. The largest absolute Gasteiger partial charge is 0.463 e. The molecule has 5 aromatic rings. The number of aromatic nitrogens is 2. The summed E-state index contributed by atoms with van der Waals surface area (Å²) in [7, 11) is 0. The summed E-state index contributed by atoms with van der Waals surface area (Å²) in [4.78, 5) is 8.91. The first-order chi connectivity index (χ1) is 14.3. The number of rotatable bonds is 4.